The van der Waals surface area contributed by atoms with E-state index >= 15 is 0 Å². The van der Waals surface area contributed by atoms with E-state index in [4.69, 9.17) is 0 Å². The third kappa shape index (κ3) is 3.03. The number of thiazole rings is 1. The molecule has 126 valence electrons. The van der Waals surface area contributed by atoms with Gasteiger partial charge in [0.15, 0.2) is 0 Å². The smallest absolute Gasteiger partial charge is 0.260 e. The molecule has 4 nitrogen and oxygen atoms in total. The first kappa shape index (κ1) is 16.2. The third-order valence-corrected chi connectivity index (χ3v) is 6.02. The normalized spacial score (nSPS) is 11.3. The second kappa shape index (κ2) is 6.20. The van der Waals surface area contributed by atoms with Crippen LogP contribution in [-0.2, 0) is 6.42 Å². The fourth-order valence-electron chi connectivity index (χ4n) is 2.86. The summed E-state index contributed by atoms with van der Waals surface area (Å²) in [5.41, 5.74) is 5.34. The molecule has 3 aromatic heterocycles. The lowest BCUT2D eigenvalue weighted by Gasteiger charge is -2.04. The molecule has 0 saturated heterocycles. The zero-order valence-corrected chi connectivity index (χ0v) is 15.8. The van der Waals surface area contributed by atoms with E-state index < -0.39 is 0 Å². The molecule has 0 saturated carbocycles. The molecule has 0 aliphatic rings. The number of aromatic amines is 1. The van der Waals surface area contributed by atoms with Gasteiger partial charge in [0.2, 0.25) is 0 Å². The van der Waals surface area contributed by atoms with Crippen LogP contribution in [0.15, 0.2) is 33.8 Å². The van der Waals surface area contributed by atoms with Gasteiger partial charge < -0.3 is 4.98 Å². The van der Waals surface area contributed by atoms with E-state index in [1.807, 2.05) is 17.7 Å². The monoisotopic (exact) mass is 367 g/mol. The Morgan fingerprint density at radius 3 is 2.60 bits per heavy atom. The molecule has 0 aliphatic heterocycles. The zero-order chi connectivity index (χ0) is 17.6. The van der Waals surface area contributed by atoms with Crippen molar-refractivity contribution in [2.45, 2.75) is 27.2 Å². The highest BCUT2D eigenvalue weighted by molar-refractivity contribution is 7.17. The summed E-state index contributed by atoms with van der Waals surface area (Å²) in [6.07, 6.45) is 0.548. The first-order valence-corrected chi connectivity index (χ1v) is 9.76. The van der Waals surface area contributed by atoms with Crippen LogP contribution < -0.4 is 5.56 Å². The Morgan fingerprint density at radius 1 is 1.04 bits per heavy atom. The van der Waals surface area contributed by atoms with Crippen LogP contribution in [0.2, 0.25) is 0 Å². The predicted octanol–water partition coefficient (Wildman–Crippen LogP) is 4.62. The summed E-state index contributed by atoms with van der Waals surface area (Å²) in [7, 11) is 0. The van der Waals surface area contributed by atoms with Gasteiger partial charge in [0.1, 0.15) is 10.7 Å². The molecular weight excluding hydrogens is 350 g/mol. The first-order valence-electron chi connectivity index (χ1n) is 8.00. The van der Waals surface area contributed by atoms with Crippen molar-refractivity contribution in [3.8, 4) is 11.1 Å². The van der Waals surface area contributed by atoms with E-state index in [1.54, 1.807) is 11.3 Å². The van der Waals surface area contributed by atoms with Crippen LogP contribution in [0.25, 0.3) is 21.3 Å². The van der Waals surface area contributed by atoms with Crippen molar-refractivity contribution in [1.82, 2.24) is 15.0 Å². The Hall–Kier alpha value is -2.31. The maximum atomic E-state index is 12.7. The van der Waals surface area contributed by atoms with Gasteiger partial charge >= 0.3 is 0 Å². The van der Waals surface area contributed by atoms with Crippen molar-refractivity contribution in [2.24, 2.45) is 0 Å². The van der Waals surface area contributed by atoms with Gasteiger partial charge in [-0.15, -0.1) is 22.7 Å². The van der Waals surface area contributed by atoms with Crippen molar-refractivity contribution in [2.75, 3.05) is 0 Å². The topological polar surface area (TPSA) is 58.6 Å². The predicted molar refractivity (Wildman–Crippen MR) is 105 cm³/mol. The molecule has 4 rings (SSSR count). The maximum Gasteiger partial charge on any atom is 0.260 e. The highest BCUT2D eigenvalue weighted by Crippen LogP contribution is 2.31. The van der Waals surface area contributed by atoms with Gasteiger partial charge in [-0.3, -0.25) is 4.79 Å². The summed E-state index contributed by atoms with van der Waals surface area (Å²) in [5.74, 6) is 0.663. The van der Waals surface area contributed by atoms with E-state index in [1.165, 1.54) is 22.5 Å². The van der Waals surface area contributed by atoms with E-state index in [-0.39, 0.29) is 5.56 Å². The molecule has 4 aromatic rings. The zero-order valence-electron chi connectivity index (χ0n) is 14.2. The number of aryl methyl sites for hydroxylation is 3. The van der Waals surface area contributed by atoms with Gasteiger partial charge in [0.25, 0.3) is 5.56 Å². The molecule has 0 amide bonds. The van der Waals surface area contributed by atoms with Gasteiger partial charge in [-0.1, -0.05) is 18.2 Å². The SMILES string of the molecule is Cc1nc(Cc2nc3scc(-c4ccc(C)c(C)c4)c3c(=O)[nH]2)cs1. The largest absolute Gasteiger partial charge is 0.310 e. The van der Waals surface area contributed by atoms with Crippen LogP contribution in [0.4, 0.5) is 0 Å². The molecule has 0 aliphatic carbocycles. The highest BCUT2D eigenvalue weighted by atomic mass is 32.1. The molecule has 0 radical (unpaired) electrons. The van der Waals surface area contributed by atoms with Crippen molar-refractivity contribution in [1.29, 1.82) is 0 Å². The fraction of sp³-hybridized carbons (Fsp3) is 0.211. The van der Waals surface area contributed by atoms with E-state index in [9.17, 15) is 4.79 Å². The average molecular weight is 367 g/mol. The summed E-state index contributed by atoms with van der Waals surface area (Å²) < 4.78 is 0. The van der Waals surface area contributed by atoms with Crippen molar-refractivity contribution in [3.05, 3.63) is 67.0 Å². The molecule has 0 unspecified atom stereocenters. The number of benzene rings is 1. The van der Waals surface area contributed by atoms with Crippen molar-refractivity contribution < 1.29 is 0 Å². The molecule has 3 heterocycles. The van der Waals surface area contributed by atoms with Gasteiger partial charge in [-0.25, -0.2) is 9.97 Å². The fourth-order valence-corrected chi connectivity index (χ4v) is 4.44. The molecule has 25 heavy (non-hydrogen) atoms. The van der Waals surface area contributed by atoms with Crippen molar-refractivity contribution in [3.63, 3.8) is 0 Å². The molecule has 0 bridgehead atoms. The maximum absolute atomic E-state index is 12.7. The molecule has 0 spiro atoms. The Labute approximate surface area is 153 Å². The molecule has 0 atom stereocenters. The third-order valence-electron chi connectivity index (χ3n) is 4.33. The first-order chi connectivity index (χ1) is 12.0. The Kier molecular flexibility index (Phi) is 4.01. The minimum absolute atomic E-state index is 0.0820. The van der Waals surface area contributed by atoms with Crippen LogP contribution in [-0.4, -0.2) is 15.0 Å². The van der Waals surface area contributed by atoms with E-state index in [2.05, 4.69) is 47.0 Å². The quantitative estimate of drug-likeness (QED) is 0.574. The van der Waals surface area contributed by atoms with Gasteiger partial charge in [0, 0.05) is 22.7 Å². The van der Waals surface area contributed by atoms with Gasteiger partial charge in [-0.05, 0) is 37.5 Å². The summed E-state index contributed by atoms with van der Waals surface area (Å²) in [6, 6.07) is 6.28. The van der Waals surface area contributed by atoms with Crippen LogP contribution in [0, 0.1) is 20.8 Å². The summed E-state index contributed by atoms with van der Waals surface area (Å²) in [4.78, 5) is 25.5. The van der Waals surface area contributed by atoms with Crippen LogP contribution >= 0.6 is 22.7 Å². The lowest BCUT2D eigenvalue weighted by molar-refractivity contribution is 0.947. The second-order valence-electron chi connectivity index (χ2n) is 6.18. The molecule has 0 fully saturated rings. The number of hydrogen-bond acceptors (Lipinski definition) is 5. The number of rotatable bonds is 3. The number of nitrogens with zero attached hydrogens (tertiary/aromatic N) is 2. The molecular formula is C19H17N3OS2. The molecule has 1 aromatic carbocycles. The van der Waals surface area contributed by atoms with E-state index in [0.717, 1.165) is 26.7 Å². The Bertz CT molecular complexity index is 1140. The van der Waals surface area contributed by atoms with E-state index in [0.29, 0.717) is 17.6 Å². The highest BCUT2D eigenvalue weighted by Gasteiger charge is 2.14. The minimum atomic E-state index is -0.0820. The minimum Gasteiger partial charge on any atom is -0.310 e. The second-order valence-corrected chi connectivity index (χ2v) is 8.10. The summed E-state index contributed by atoms with van der Waals surface area (Å²) >= 11 is 3.12. The van der Waals surface area contributed by atoms with Gasteiger partial charge in [-0.2, -0.15) is 0 Å². The average Bonchev–Trinajstić information content (AvgIpc) is 3.17. The standard InChI is InChI=1S/C19H17N3OS2/c1-10-4-5-13(6-11(10)2)15-9-25-19-17(15)18(23)21-16(22-19)7-14-8-24-12(3)20-14/h4-6,8-9H,7H2,1-3H3,(H,21,22,23). The number of fused-ring (bicyclic) bond motifs is 1. The number of nitrogens with one attached hydrogen (secondary N) is 1. The lowest BCUT2D eigenvalue weighted by atomic mass is 10.0. The number of thiophene rings is 1. The van der Waals surface area contributed by atoms with Crippen LogP contribution in [0.1, 0.15) is 27.7 Å². The van der Waals surface area contributed by atoms with Crippen molar-refractivity contribution >= 4 is 32.9 Å². The summed E-state index contributed by atoms with van der Waals surface area (Å²) in [5, 5.41) is 5.72. The molecule has 1 N–H and O–H groups in total. The number of H-pyrrole nitrogens is 1. The molecule has 6 heteroatoms. The summed E-state index contributed by atoms with van der Waals surface area (Å²) in [6.45, 7) is 6.15. The number of hydrogen-bond donors (Lipinski definition) is 1. The van der Waals surface area contributed by atoms with Crippen LogP contribution in [0.3, 0.4) is 0 Å². The number of aromatic nitrogens is 3. The van der Waals surface area contributed by atoms with Crippen LogP contribution in [0.5, 0.6) is 0 Å². The lowest BCUT2D eigenvalue weighted by Crippen LogP contribution is -2.11. The Balaban J connectivity index is 1.79. The van der Waals surface area contributed by atoms with Gasteiger partial charge in [0.05, 0.1) is 16.1 Å². The Morgan fingerprint density at radius 2 is 1.88 bits per heavy atom.